The van der Waals surface area contributed by atoms with Crippen molar-refractivity contribution in [1.82, 2.24) is 0 Å². The topological polar surface area (TPSA) is 81.7 Å². The Bertz CT molecular complexity index is 1370. The van der Waals surface area contributed by atoms with Crippen molar-refractivity contribution in [2.24, 2.45) is 20.5 Å². The number of anilines is 1. The van der Waals surface area contributed by atoms with Gasteiger partial charge in [-0.15, -0.1) is 5.11 Å². The molecule has 0 radical (unpaired) electrons. The molecule has 0 heterocycles. The van der Waals surface area contributed by atoms with Crippen LogP contribution in [0.1, 0.15) is 23.6 Å². The van der Waals surface area contributed by atoms with Gasteiger partial charge in [-0.2, -0.15) is 15.3 Å². The van der Waals surface area contributed by atoms with E-state index in [0.717, 1.165) is 50.2 Å². The summed E-state index contributed by atoms with van der Waals surface area (Å²) in [7, 11) is 1.66. The maximum absolute atomic E-state index is 10.5. The van der Waals surface area contributed by atoms with Crippen LogP contribution < -0.4 is 5.32 Å². The molecule has 0 saturated heterocycles. The third kappa shape index (κ3) is 5.18. The lowest BCUT2D eigenvalue weighted by Gasteiger charge is -2.14. The van der Waals surface area contributed by atoms with Gasteiger partial charge in [0, 0.05) is 19.0 Å². The summed E-state index contributed by atoms with van der Waals surface area (Å²) in [5.41, 5.74) is 6.26. The number of aryl methyl sites for hydroxylation is 1. The minimum atomic E-state index is 0.227. The van der Waals surface area contributed by atoms with Gasteiger partial charge >= 0.3 is 0 Å². The SMILES string of the molecule is CCNc1c(N=Nc2ccc(C=Cc3ccc(N=NC)cc3)cc2)c(C)cc2cccc(O)c12. The fourth-order valence-electron chi connectivity index (χ4n) is 3.76. The number of nitrogens with zero attached hydrogens (tertiary/aromatic N) is 4. The van der Waals surface area contributed by atoms with E-state index in [4.69, 9.17) is 0 Å². The summed E-state index contributed by atoms with van der Waals surface area (Å²) in [4.78, 5) is 0. The number of nitrogens with one attached hydrogen (secondary N) is 1. The third-order valence-electron chi connectivity index (χ3n) is 5.40. The average molecular weight is 450 g/mol. The first-order valence-corrected chi connectivity index (χ1v) is 11.2. The van der Waals surface area contributed by atoms with Gasteiger partial charge in [-0.05, 0) is 72.3 Å². The van der Waals surface area contributed by atoms with Crippen LogP contribution in [0.2, 0.25) is 0 Å². The van der Waals surface area contributed by atoms with E-state index in [1.807, 2.05) is 80.6 Å². The molecule has 2 N–H and O–H groups in total. The van der Waals surface area contributed by atoms with E-state index in [2.05, 4.69) is 37.9 Å². The van der Waals surface area contributed by atoms with Crippen LogP contribution in [0.25, 0.3) is 22.9 Å². The molecule has 6 heteroatoms. The molecule has 0 saturated carbocycles. The van der Waals surface area contributed by atoms with Gasteiger partial charge in [-0.25, -0.2) is 0 Å². The van der Waals surface area contributed by atoms with Crippen LogP contribution in [0.4, 0.5) is 22.7 Å². The van der Waals surface area contributed by atoms with Crippen molar-refractivity contribution >= 4 is 45.7 Å². The molecule has 0 aliphatic rings. The van der Waals surface area contributed by atoms with Crippen LogP contribution in [-0.4, -0.2) is 18.7 Å². The van der Waals surface area contributed by atoms with Crippen LogP contribution in [0.3, 0.4) is 0 Å². The van der Waals surface area contributed by atoms with Gasteiger partial charge in [0.2, 0.25) is 0 Å². The lowest BCUT2D eigenvalue weighted by atomic mass is 10.0. The molecule has 0 aromatic heterocycles. The highest BCUT2D eigenvalue weighted by Crippen LogP contribution is 2.41. The summed E-state index contributed by atoms with van der Waals surface area (Å²) in [6, 6.07) is 23.3. The molecule has 4 aromatic rings. The first-order chi connectivity index (χ1) is 16.6. The van der Waals surface area contributed by atoms with Crippen molar-refractivity contribution in [2.45, 2.75) is 13.8 Å². The second kappa shape index (κ2) is 10.5. The number of aromatic hydroxyl groups is 1. The minimum Gasteiger partial charge on any atom is -0.507 e. The summed E-state index contributed by atoms with van der Waals surface area (Å²) in [5, 5.41) is 32.3. The molecule has 0 fully saturated rings. The Labute approximate surface area is 199 Å². The van der Waals surface area contributed by atoms with E-state index in [1.54, 1.807) is 13.1 Å². The molecule has 170 valence electrons. The molecule has 0 aliphatic heterocycles. The highest BCUT2D eigenvalue weighted by atomic mass is 16.3. The lowest BCUT2D eigenvalue weighted by molar-refractivity contribution is 0.482. The summed E-state index contributed by atoms with van der Waals surface area (Å²) in [6.07, 6.45) is 4.10. The van der Waals surface area contributed by atoms with Crippen molar-refractivity contribution in [1.29, 1.82) is 0 Å². The van der Waals surface area contributed by atoms with Gasteiger partial charge in [-0.1, -0.05) is 48.6 Å². The maximum atomic E-state index is 10.5. The maximum Gasteiger partial charge on any atom is 0.125 e. The normalized spacial score (nSPS) is 11.9. The molecule has 4 rings (SSSR count). The highest BCUT2D eigenvalue weighted by molar-refractivity contribution is 6.04. The molecule has 0 spiro atoms. The van der Waals surface area contributed by atoms with E-state index < -0.39 is 0 Å². The minimum absolute atomic E-state index is 0.227. The van der Waals surface area contributed by atoms with E-state index in [9.17, 15) is 5.11 Å². The molecule has 6 nitrogen and oxygen atoms in total. The predicted octanol–water partition coefficient (Wildman–Crippen LogP) is 8.58. The van der Waals surface area contributed by atoms with E-state index >= 15 is 0 Å². The van der Waals surface area contributed by atoms with Gasteiger partial charge in [0.15, 0.2) is 0 Å². The Morgan fingerprint density at radius 2 is 1.44 bits per heavy atom. The standard InChI is InChI=1S/C28H27N5O/c1-4-30-28-26-22(6-5-7-25(26)34)18-19(2)27(28)33-32-24-16-12-21(13-17-24)9-8-20-10-14-23(15-11-20)31-29-3/h5-18,30,34H,4H2,1-3H3. The number of rotatable bonds is 7. The van der Waals surface area contributed by atoms with Crippen molar-refractivity contribution in [3.05, 3.63) is 89.5 Å². The molecule has 0 atom stereocenters. The van der Waals surface area contributed by atoms with Crippen LogP contribution in [0, 0.1) is 6.92 Å². The molecular weight excluding hydrogens is 422 g/mol. The first-order valence-electron chi connectivity index (χ1n) is 11.2. The van der Waals surface area contributed by atoms with E-state index in [0.29, 0.717) is 6.54 Å². The molecular formula is C28H27N5O. The number of hydrogen-bond donors (Lipinski definition) is 2. The summed E-state index contributed by atoms with van der Waals surface area (Å²) in [6.45, 7) is 4.73. The van der Waals surface area contributed by atoms with Gasteiger partial charge in [0.05, 0.1) is 17.1 Å². The van der Waals surface area contributed by atoms with Gasteiger partial charge in [0.25, 0.3) is 0 Å². The number of hydrogen-bond acceptors (Lipinski definition) is 6. The quantitative estimate of drug-likeness (QED) is 0.219. The second-order valence-electron chi connectivity index (χ2n) is 7.84. The smallest absolute Gasteiger partial charge is 0.125 e. The first kappa shape index (κ1) is 22.9. The molecule has 0 amide bonds. The fourth-order valence-corrected chi connectivity index (χ4v) is 3.76. The summed E-state index contributed by atoms with van der Waals surface area (Å²) < 4.78 is 0. The number of fused-ring (bicyclic) bond motifs is 1. The number of azo groups is 2. The fraction of sp³-hybridized carbons (Fsp3) is 0.143. The number of phenolic OH excluding ortho intramolecular Hbond substituents is 1. The van der Waals surface area contributed by atoms with Crippen molar-refractivity contribution in [2.75, 3.05) is 18.9 Å². The molecule has 4 aromatic carbocycles. The average Bonchev–Trinajstić information content (AvgIpc) is 2.84. The number of phenols is 1. The monoisotopic (exact) mass is 449 g/mol. The largest absolute Gasteiger partial charge is 0.507 e. The second-order valence-corrected chi connectivity index (χ2v) is 7.84. The Balaban J connectivity index is 1.56. The zero-order chi connectivity index (χ0) is 23.9. The summed E-state index contributed by atoms with van der Waals surface area (Å²) in [5.74, 6) is 0.227. The van der Waals surface area contributed by atoms with Crippen molar-refractivity contribution < 1.29 is 5.11 Å². The Hall–Kier alpha value is -4.32. The van der Waals surface area contributed by atoms with E-state index in [-0.39, 0.29) is 5.75 Å². The summed E-state index contributed by atoms with van der Waals surface area (Å²) >= 11 is 0. The van der Waals surface area contributed by atoms with E-state index in [1.165, 1.54) is 0 Å². The van der Waals surface area contributed by atoms with Gasteiger partial charge in [0.1, 0.15) is 11.4 Å². The molecule has 0 aliphatic carbocycles. The Kier molecular flexibility index (Phi) is 7.08. The Morgan fingerprint density at radius 1 is 0.824 bits per heavy atom. The van der Waals surface area contributed by atoms with Gasteiger partial charge in [-0.3, -0.25) is 0 Å². The van der Waals surface area contributed by atoms with Crippen molar-refractivity contribution in [3.8, 4) is 5.75 Å². The molecule has 0 bridgehead atoms. The van der Waals surface area contributed by atoms with Gasteiger partial charge < -0.3 is 10.4 Å². The molecule has 0 unspecified atom stereocenters. The third-order valence-corrected chi connectivity index (χ3v) is 5.40. The van der Waals surface area contributed by atoms with Crippen LogP contribution in [0.5, 0.6) is 5.75 Å². The Morgan fingerprint density at radius 3 is 2.03 bits per heavy atom. The number of benzene rings is 4. The van der Waals surface area contributed by atoms with Crippen LogP contribution >= 0.6 is 0 Å². The predicted molar refractivity (Wildman–Crippen MR) is 141 cm³/mol. The van der Waals surface area contributed by atoms with Crippen LogP contribution in [-0.2, 0) is 0 Å². The van der Waals surface area contributed by atoms with Crippen LogP contribution in [0.15, 0.2) is 93.3 Å². The lowest BCUT2D eigenvalue weighted by Crippen LogP contribution is -1.99. The van der Waals surface area contributed by atoms with Crippen molar-refractivity contribution in [3.63, 3.8) is 0 Å². The zero-order valence-electron chi connectivity index (χ0n) is 19.5. The highest BCUT2D eigenvalue weighted by Gasteiger charge is 2.13. The molecule has 34 heavy (non-hydrogen) atoms. The zero-order valence-corrected chi connectivity index (χ0v) is 19.5.